The zero-order valence-electron chi connectivity index (χ0n) is 18.2. The molecule has 2 N–H and O–H groups in total. The van der Waals surface area contributed by atoms with Gasteiger partial charge in [0.1, 0.15) is 5.75 Å². The molecule has 1 atom stereocenters. The van der Waals surface area contributed by atoms with Crippen molar-refractivity contribution in [2.75, 3.05) is 59.0 Å². The van der Waals surface area contributed by atoms with Crippen LogP contribution in [0.3, 0.4) is 0 Å². The average molecular weight is 390 g/mol. The van der Waals surface area contributed by atoms with Gasteiger partial charge in [-0.15, -0.1) is 0 Å². The summed E-state index contributed by atoms with van der Waals surface area (Å²) < 4.78 is 5.71. The first-order valence-electron chi connectivity index (χ1n) is 10.8. The van der Waals surface area contributed by atoms with Crippen molar-refractivity contribution in [1.82, 2.24) is 20.4 Å². The molecule has 0 spiro atoms. The first kappa shape index (κ1) is 22.5. The van der Waals surface area contributed by atoms with Crippen LogP contribution in [-0.2, 0) is 6.54 Å². The van der Waals surface area contributed by atoms with Gasteiger partial charge < -0.3 is 25.2 Å². The molecular formula is C22H39N5O. The summed E-state index contributed by atoms with van der Waals surface area (Å²) >= 11 is 0. The van der Waals surface area contributed by atoms with Gasteiger partial charge in [-0.3, -0.25) is 0 Å². The van der Waals surface area contributed by atoms with Gasteiger partial charge in [-0.05, 0) is 32.4 Å². The summed E-state index contributed by atoms with van der Waals surface area (Å²) in [5.74, 6) is 2.37. The van der Waals surface area contributed by atoms with Crippen molar-refractivity contribution in [2.45, 2.75) is 34.2 Å². The number of likely N-dealkylation sites (N-methyl/N-ethyl adjacent to an activating group) is 1. The number of benzene rings is 1. The lowest BCUT2D eigenvalue weighted by atomic mass is 10.1. The number of hydrogen-bond acceptors (Lipinski definition) is 4. The molecule has 2 rings (SSSR count). The van der Waals surface area contributed by atoms with Gasteiger partial charge in [0.05, 0.1) is 13.2 Å². The van der Waals surface area contributed by atoms with E-state index in [-0.39, 0.29) is 0 Å². The molecule has 0 radical (unpaired) electrons. The molecule has 0 aliphatic carbocycles. The standard InChI is InChI=1S/C22H39N5O/c1-5-23-22(25-17-20-10-8-9-11-21(20)28-7-3)24-16-19(4)18-27-14-12-26(6-2)13-15-27/h8-11,19H,5-7,12-18H2,1-4H3,(H2,23,24,25). The normalized spacial score (nSPS) is 17.4. The van der Waals surface area contributed by atoms with Crippen molar-refractivity contribution in [3.63, 3.8) is 0 Å². The van der Waals surface area contributed by atoms with Crippen LogP contribution in [0.5, 0.6) is 5.75 Å². The van der Waals surface area contributed by atoms with E-state index in [2.05, 4.69) is 47.3 Å². The second-order valence-corrected chi connectivity index (χ2v) is 7.46. The van der Waals surface area contributed by atoms with Crippen LogP contribution in [0.4, 0.5) is 0 Å². The van der Waals surface area contributed by atoms with Crippen LogP contribution in [0.2, 0.25) is 0 Å². The largest absolute Gasteiger partial charge is 0.494 e. The van der Waals surface area contributed by atoms with Crippen molar-refractivity contribution in [2.24, 2.45) is 10.9 Å². The summed E-state index contributed by atoms with van der Waals surface area (Å²) in [7, 11) is 0. The Labute approximate surface area is 171 Å². The Balaban J connectivity index is 1.82. The second-order valence-electron chi connectivity index (χ2n) is 7.46. The van der Waals surface area contributed by atoms with E-state index < -0.39 is 0 Å². The highest BCUT2D eigenvalue weighted by molar-refractivity contribution is 5.79. The number of nitrogens with zero attached hydrogens (tertiary/aromatic N) is 3. The first-order chi connectivity index (χ1) is 13.7. The number of rotatable bonds is 10. The molecule has 1 unspecified atom stereocenters. The van der Waals surface area contributed by atoms with E-state index in [1.54, 1.807) is 0 Å². The van der Waals surface area contributed by atoms with Gasteiger partial charge in [0.25, 0.3) is 0 Å². The lowest BCUT2D eigenvalue weighted by Crippen LogP contribution is -2.48. The van der Waals surface area contributed by atoms with Gasteiger partial charge in [0, 0.05) is 51.4 Å². The number of nitrogens with one attached hydrogen (secondary N) is 2. The fourth-order valence-electron chi connectivity index (χ4n) is 3.50. The number of piperazine rings is 1. The highest BCUT2D eigenvalue weighted by Gasteiger charge is 2.17. The zero-order valence-corrected chi connectivity index (χ0v) is 18.2. The number of aliphatic imine (C=N–C) groups is 1. The van der Waals surface area contributed by atoms with Gasteiger partial charge in [-0.2, -0.15) is 0 Å². The quantitative estimate of drug-likeness (QED) is 0.475. The van der Waals surface area contributed by atoms with Gasteiger partial charge >= 0.3 is 0 Å². The third-order valence-corrected chi connectivity index (χ3v) is 5.12. The minimum atomic E-state index is 0.577. The van der Waals surface area contributed by atoms with Crippen LogP contribution in [0.15, 0.2) is 29.3 Å². The third kappa shape index (κ3) is 7.68. The fraction of sp³-hybridized carbons (Fsp3) is 0.682. The molecule has 1 aromatic rings. The second kappa shape index (κ2) is 12.6. The van der Waals surface area contributed by atoms with E-state index in [9.17, 15) is 0 Å². The minimum Gasteiger partial charge on any atom is -0.494 e. The maximum atomic E-state index is 5.71. The molecule has 0 amide bonds. The van der Waals surface area contributed by atoms with Crippen LogP contribution >= 0.6 is 0 Å². The summed E-state index contributed by atoms with van der Waals surface area (Å²) in [6.07, 6.45) is 0. The van der Waals surface area contributed by atoms with E-state index >= 15 is 0 Å². The van der Waals surface area contributed by atoms with Crippen molar-refractivity contribution in [1.29, 1.82) is 0 Å². The number of hydrogen-bond donors (Lipinski definition) is 2. The highest BCUT2D eigenvalue weighted by Crippen LogP contribution is 2.18. The molecule has 1 fully saturated rings. The first-order valence-corrected chi connectivity index (χ1v) is 10.8. The maximum absolute atomic E-state index is 5.71. The molecule has 0 bridgehead atoms. The molecule has 1 aliphatic rings. The maximum Gasteiger partial charge on any atom is 0.191 e. The van der Waals surface area contributed by atoms with Crippen molar-refractivity contribution in [3.05, 3.63) is 29.8 Å². The fourth-order valence-corrected chi connectivity index (χ4v) is 3.50. The monoisotopic (exact) mass is 389 g/mol. The molecular weight excluding hydrogens is 350 g/mol. The Kier molecular flexibility index (Phi) is 10.1. The van der Waals surface area contributed by atoms with Crippen LogP contribution in [0.25, 0.3) is 0 Å². The SMILES string of the molecule is CCNC(=NCc1ccccc1OCC)NCC(C)CN1CCN(CC)CC1. The molecule has 0 aromatic heterocycles. The lowest BCUT2D eigenvalue weighted by Gasteiger charge is -2.35. The molecule has 1 aliphatic heterocycles. The number of para-hydroxylation sites is 1. The Hall–Kier alpha value is -1.79. The van der Waals surface area contributed by atoms with E-state index in [1.807, 2.05) is 25.1 Å². The van der Waals surface area contributed by atoms with Gasteiger partial charge in [-0.25, -0.2) is 4.99 Å². The molecule has 1 heterocycles. The van der Waals surface area contributed by atoms with E-state index in [4.69, 9.17) is 9.73 Å². The Bertz CT molecular complexity index is 584. The molecule has 1 aromatic carbocycles. The predicted molar refractivity (Wildman–Crippen MR) is 118 cm³/mol. The summed E-state index contributed by atoms with van der Waals surface area (Å²) in [5.41, 5.74) is 1.11. The summed E-state index contributed by atoms with van der Waals surface area (Å²) in [6.45, 7) is 18.8. The van der Waals surface area contributed by atoms with E-state index in [0.29, 0.717) is 19.1 Å². The van der Waals surface area contributed by atoms with Crippen LogP contribution in [-0.4, -0.2) is 74.7 Å². The highest BCUT2D eigenvalue weighted by atomic mass is 16.5. The molecule has 158 valence electrons. The summed E-state index contributed by atoms with van der Waals surface area (Å²) in [4.78, 5) is 9.87. The summed E-state index contributed by atoms with van der Waals surface area (Å²) in [5, 5.41) is 6.87. The van der Waals surface area contributed by atoms with Crippen LogP contribution in [0, 0.1) is 5.92 Å². The predicted octanol–water partition coefficient (Wildman–Crippen LogP) is 2.41. The molecule has 1 saturated heterocycles. The van der Waals surface area contributed by atoms with Gasteiger partial charge in [0.2, 0.25) is 0 Å². The Morgan fingerprint density at radius 1 is 1.07 bits per heavy atom. The average Bonchev–Trinajstić information content (AvgIpc) is 2.72. The number of ether oxygens (including phenoxy) is 1. The van der Waals surface area contributed by atoms with Crippen LogP contribution in [0.1, 0.15) is 33.3 Å². The van der Waals surface area contributed by atoms with Crippen molar-refractivity contribution < 1.29 is 4.74 Å². The van der Waals surface area contributed by atoms with Crippen molar-refractivity contribution in [3.8, 4) is 5.75 Å². The van der Waals surface area contributed by atoms with Crippen molar-refractivity contribution >= 4 is 5.96 Å². The van der Waals surface area contributed by atoms with Crippen LogP contribution < -0.4 is 15.4 Å². The minimum absolute atomic E-state index is 0.577. The van der Waals surface area contributed by atoms with Gasteiger partial charge in [-0.1, -0.05) is 32.0 Å². The molecule has 6 nitrogen and oxygen atoms in total. The third-order valence-electron chi connectivity index (χ3n) is 5.12. The molecule has 28 heavy (non-hydrogen) atoms. The number of guanidine groups is 1. The van der Waals surface area contributed by atoms with E-state index in [0.717, 1.165) is 36.9 Å². The lowest BCUT2D eigenvalue weighted by molar-refractivity contribution is 0.124. The smallest absolute Gasteiger partial charge is 0.191 e. The summed E-state index contributed by atoms with van der Waals surface area (Å²) in [6, 6.07) is 8.13. The zero-order chi connectivity index (χ0) is 20.2. The molecule has 6 heteroatoms. The Morgan fingerprint density at radius 2 is 1.79 bits per heavy atom. The van der Waals surface area contributed by atoms with E-state index in [1.165, 1.54) is 32.7 Å². The molecule has 0 saturated carbocycles. The topological polar surface area (TPSA) is 52.1 Å². The van der Waals surface area contributed by atoms with Gasteiger partial charge in [0.15, 0.2) is 5.96 Å². The Morgan fingerprint density at radius 3 is 2.46 bits per heavy atom.